The zero-order chi connectivity index (χ0) is 20.1. The van der Waals surface area contributed by atoms with Crippen LogP contribution in [0.4, 0.5) is 0 Å². The van der Waals surface area contributed by atoms with Crippen LogP contribution in [0.15, 0.2) is 0 Å². The molecule has 0 spiro atoms. The molecule has 4 fully saturated rings. The Labute approximate surface area is 173 Å². The van der Waals surface area contributed by atoms with E-state index < -0.39 is 0 Å². The topological polar surface area (TPSA) is 40.5 Å². The van der Waals surface area contributed by atoms with Gasteiger partial charge in [-0.1, -0.05) is 27.7 Å². The molecule has 2 heteroatoms. The minimum atomic E-state index is -0.115. The van der Waals surface area contributed by atoms with Crippen molar-refractivity contribution < 1.29 is 10.2 Å². The van der Waals surface area contributed by atoms with E-state index in [4.69, 9.17) is 0 Å². The van der Waals surface area contributed by atoms with Crippen LogP contribution < -0.4 is 0 Å². The SMILES string of the molecule is CC(C)CCC(O)[C@@H](C)C1CCC2C3CCC4CC(O)CCC4C3CCC21C. The van der Waals surface area contributed by atoms with E-state index in [1.165, 1.54) is 44.9 Å². The molecule has 0 amide bonds. The van der Waals surface area contributed by atoms with Crippen LogP contribution in [0.5, 0.6) is 0 Å². The number of aliphatic hydroxyl groups excluding tert-OH is 2. The van der Waals surface area contributed by atoms with Gasteiger partial charge in [0.2, 0.25) is 0 Å². The highest BCUT2D eigenvalue weighted by Gasteiger charge is 2.58. The van der Waals surface area contributed by atoms with Gasteiger partial charge in [0, 0.05) is 0 Å². The second kappa shape index (κ2) is 8.22. The summed E-state index contributed by atoms with van der Waals surface area (Å²) in [6.07, 6.45) is 13.7. The predicted molar refractivity (Wildman–Crippen MR) is 116 cm³/mol. The van der Waals surface area contributed by atoms with Crippen molar-refractivity contribution in [2.45, 2.75) is 111 Å². The van der Waals surface area contributed by atoms with Gasteiger partial charge in [-0.05, 0) is 123 Å². The zero-order valence-corrected chi connectivity index (χ0v) is 18.9. The normalized spacial score (nSPS) is 47.9. The molecule has 0 heterocycles. The third-order valence-electron chi connectivity index (χ3n) is 10.3. The lowest BCUT2D eigenvalue weighted by molar-refractivity contribution is -0.0887. The van der Waals surface area contributed by atoms with Gasteiger partial charge in [-0.2, -0.15) is 0 Å². The number of fused-ring (bicyclic) bond motifs is 5. The first-order valence-corrected chi connectivity index (χ1v) is 12.7. The summed E-state index contributed by atoms with van der Waals surface area (Å²) in [5, 5.41) is 21.1. The highest BCUT2D eigenvalue weighted by Crippen LogP contribution is 2.65. The van der Waals surface area contributed by atoms with Gasteiger partial charge in [0.15, 0.2) is 0 Å². The fourth-order valence-electron chi connectivity index (χ4n) is 8.77. The maximum absolute atomic E-state index is 10.9. The Morgan fingerprint density at radius 2 is 1.61 bits per heavy atom. The standard InChI is InChI=1S/C26H46O2/c1-16(2)5-12-25(28)17(3)23-10-11-24-22-8-6-18-15-19(27)7-9-20(18)21(22)13-14-26(23,24)4/h16-25,27-28H,5-15H2,1-4H3/t17-,18?,19?,20?,21?,22?,23?,24?,25?,26?/m0/s1. The second-order valence-electron chi connectivity index (χ2n) is 12.0. The molecule has 162 valence electrons. The van der Waals surface area contributed by atoms with E-state index in [0.717, 1.165) is 55.3 Å². The molecule has 0 saturated heterocycles. The molecule has 0 aromatic heterocycles. The molecule has 2 nitrogen and oxygen atoms in total. The fourth-order valence-corrected chi connectivity index (χ4v) is 8.77. The van der Waals surface area contributed by atoms with Gasteiger partial charge in [-0.3, -0.25) is 0 Å². The van der Waals surface area contributed by atoms with Crippen LogP contribution in [0.1, 0.15) is 98.3 Å². The highest BCUT2D eigenvalue weighted by molar-refractivity contribution is 5.07. The van der Waals surface area contributed by atoms with Gasteiger partial charge in [0.05, 0.1) is 12.2 Å². The molecule has 0 aromatic rings. The first-order valence-electron chi connectivity index (χ1n) is 12.7. The molecule has 28 heavy (non-hydrogen) atoms. The summed E-state index contributed by atoms with van der Waals surface area (Å²) >= 11 is 0. The van der Waals surface area contributed by atoms with E-state index in [2.05, 4.69) is 27.7 Å². The molecule has 4 aliphatic carbocycles. The van der Waals surface area contributed by atoms with E-state index in [1.807, 2.05) is 0 Å². The lowest BCUT2D eigenvalue weighted by Gasteiger charge is -2.56. The van der Waals surface area contributed by atoms with Crippen LogP contribution in [-0.4, -0.2) is 22.4 Å². The molecule has 9 unspecified atom stereocenters. The number of rotatable bonds is 5. The van der Waals surface area contributed by atoms with E-state index in [9.17, 15) is 10.2 Å². The van der Waals surface area contributed by atoms with E-state index in [0.29, 0.717) is 23.2 Å². The average molecular weight is 391 g/mol. The largest absolute Gasteiger partial charge is 0.393 e. The lowest BCUT2D eigenvalue weighted by Crippen LogP contribution is -2.50. The van der Waals surface area contributed by atoms with Crippen molar-refractivity contribution in [3.63, 3.8) is 0 Å². The summed E-state index contributed by atoms with van der Waals surface area (Å²) in [6, 6.07) is 0. The Morgan fingerprint density at radius 1 is 0.857 bits per heavy atom. The third kappa shape index (κ3) is 3.70. The summed E-state index contributed by atoms with van der Waals surface area (Å²) in [7, 11) is 0. The van der Waals surface area contributed by atoms with Crippen LogP contribution >= 0.6 is 0 Å². The second-order valence-corrected chi connectivity index (χ2v) is 12.0. The van der Waals surface area contributed by atoms with Crippen molar-refractivity contribution in [2.75, 3.05) is 0 Å². The average Bonchev–Trinajstić information content (AvgIpc) is 3.02. The summed E-state index contributed by atoms with van der Waals surface area (Å²) in [6.45, 7) is 9.50. The fraction of sp³-hybridized carbons (Fsp3) is 1.00. The molecule has 0 aromatic carbocycles. The summed E-state index contributed by atoms with van der Waals surface area (Å²) < 4.78 is 0. The summed E-state index contributed by atoms with van der Waals surface area (Å²) in [5.41, 5.74) is 0.459. The van der Waals surface area contributed by atoms with Crippen LogP contribution in [0.3, 0.4) is 0 Å². The Balaban J connectivity index is 1.45. The molecule has 0 bridgehead atoms. The minimum absolute atomic E-state index is 0.0179. The van der Waals surface area contributed by atoms with Gasteiger partial charge in [-0.15, -0.1) is 0 Å². The molecule has 4 aliphatic rings. The first kappa shape index (κ1) is 21.2. The predicted octanol–water partition coefficient (Wildman–Crippen LogP) is 6.05. The van der Waals surface area contributed by atoms with Crippen molar-refractivity contribution in [3.8, 4) is 0 Å². The van der Waals surface area contributed by atoms with E-state index in [-0.39, 0.29) is 12.2 Å². The first-order chi connectivity index (χ1) is 13.3. The van der Waals surface area contributed by atoms with Gasteiger partial charge in [0.25, 0.3) is 0 Å². The Bertz CT molecular complexity index is 531. The van der Waals surface area contributed by atoms with Crippen molar-refractivity contribution in [2.24, 2.45) is 52.8 Å². The van der Waals surface area contributed by atoms with Gasteiger partial charge < -0.3 is 10.2 Å². The van der Waals surface area contributed by atoms with Crippen molar-refractivity contribution in [1.82, 2.24) is 0 Å². The Hall–Kier alpha value is -0.0800. The molecule has 0 aliphatic heterocycles. The van der Waals surface area contributed by atoms with Crippen LogP contribution in [0.25, 0.3) is 0 Å². The molecular formula is C26H46O2. The van der Waals surface area contributed by atoms with Gasteiger partial charge >= 0.3 is 0 Å². The van der Waals surface area contributed by atoms with Crippen molar-refractivity contribution in [3.05, 3.63) is 0 Å². The van der Waals surface area contributed by atoms with Crippen LogP contribution in [-0.2, 0) is 0 Å². The smallest absolute Gasteiger partial charge is 0.0568 e. The molecular weight excluding hydrogens is 344 g/mol. The number of hydrogen-bond acceptors (Lipinski definition) is 2. The number of hydrogen-bond donors (Lipinski definition) is 2. The third-order valence-corrected chi connectivity index (χ3v) is 10.3. The lowest BCUT2D eigenvalue weighted by atomic mass is 9.49. The van der Waals surface area contributed by atoms with Gasteiger partial charge in [0.1, 0.15) is 0 Å². The Morgan fingerprint density at radius 3 is 2.36 bits per heavy atom. The van der Waals surface area contributed by atoms with E-state index in [1.54, 1.807) is 0 Å². The summed E-state index contributed by atoms with van der Waals surface area (Å²) in [4.78, 5) is 0. The molecule has 4 rings (SSSR count). The van der Waals surface area contributed by atoms with E-state index >= 15 is 0 Å². The highest BCUT2D eigenvalue weighted by atomic mass is 16.3. The molecule has 0 radical (unpaired) electrons. The van der Waals surface area contributed by atoms with Crippen LogP contribution in [0.2, 0.25) is 0 Å². The maximum Gasteiger partial charge on any atom is 0.0568 e. The Kier molecular flexibility index (Phi) is 6.21. The van der Waals surface area contributed by atoms with Crippen molar-refractivity contribution in [1.29, 1.82) is 0 Å². The molecule has 10 atom stereocenters. The number of aliphatic hydroxyl groups is 2. The van der Waals surface area contributed by atoms with Crippen molar-refractivity contribution >= 4 is 0 Å². The minimum Gasteiger partial charge on any atom is -0.393 e. The quantitative estimate of drug-likeness (QED) is 0.600. The molecule has 4 saturated carbocycles. The zero-order valence-electron chi connectivity index (χ0n) is 18.9. The maximum atomic E-state index is 10.9. The summed E-state index contributed by atoms with van der Waals surface area (Å²) in [5.74, 6) is 6.32. The monoisotopic (exact) mass is 390 g/mol. The van der Waals surface area contributed by atoms with Gasteiger partial charge in [-0.25, -0.2) is 0 Å². The van der Waals surface area contributed by atoms with Crippen LogP contribution in [0, 0.1) is 52.8 Å². The molecule has 2 N–H and O–H groups in total.